The Morgan fingerprint density at radius 3 is 2.02 bits per heavy atom. The largest absolute Gasteiger partial charge is 0.354 e. The van der Waals surface area contributed by atoms with Crippen molar-refractivity contribution in [3.8, 4) is 0 Å². The third-order valence-corrected chi connectivity index (χ3v) is 8.13. The number of hydrogen-bond donors (Lipinski definition) is 1. The van der Waals surface area contributed by atoms with Gasteiger partial charge < -0.3 is 10.2 Å². The zero-order valence-electron chi connectivity index (χ0n) is 25.1. The average molecular weight is 578 g/mol. The first-order chi connectivity index (χ1) is 19.3. The van der Waals surface area contributed by atoms with Crippen LogP contribution in [-0.4, -0.2) is 50.5 Å². The monoisotopic (exact) mass is 577 g/mol. The Labute approximate surface area is 245 Å². The Balaban J connectivity index is 2.03. The van der Waals surface area contributed by atoms with Crippen LogP contribution in [0, 0.1) is 6.92 Å². The summed E-state index contributed by atoms with van der Waals surface area (Å²) in [5, 5.41) is 2.95. The second kappa shape index (κ2) is 13.8. The smallest absolute Gasteiger partial charge is 0.244 e. The van der Waals surface area contributed by atoms with Crippen molar-refractivity contribution in [2.75, 3.05) is 23.7 Å². The topological polar surface area (TPSA) is 86.8 Å². The van der Waals surface area contributed by atoms with Crippen LogP contribution in [0.15, 0.2) is 78.9 Å². The lowest BCUT2D eigenvalue weighted by molar-refractivity contribution is -0.140. The number of anilines is 1. The predicted octanol–water partition coefficient (Wildman–Crippen LogP) is 5.22. The maximum atomic E-state index is 14.1. The van der Waals surface area contributed by atoms with Gasteiger partial charge in [0.2, 0.25) is 21.8 Å². The summed E-state index contributed by atoms with van der Waals surface area (Å²) < 4.78 is 27.1. The quantitative estimate of drug-likeness (QED) is 0.320. The maximum Gasteiger partial charge on any atom is 0.244 e. The Bertz CT molecular complexity index is 1400. The van der Waals surface area contributed by atoms with Crippen molar-refractivity contribution in [3.05, 3.63) is 101 Å². The molecule has 1 atom stereocenters. The second-order valence-electron chi connectivity index (χ2n) is 11.6. The Morgan fingerprint density at radius 1 is 0.878 bits per heavy atom. The number of hydrogen-bond acceptors (Lipinski definition) is 4. The van der Waals surface area contributed by atoms with Gasteiger partial charge in [-0.15, -0.1) is 0 Å². The molecule has 1 N–H and O–H groups in total. The van der Waals surface area contributed by atoms with Crippen molar-refractivity contribution in [3.63, 3.8) is 0 Å². The van der Waals surface area contributed by atoms with E-state index in [2.05, 4.69) is 26.1 Å². The van der Waals surface area contributed by atoms with Gasteiger partial charge in [0.15, 0.2) is 0 Å². The zero-order chi connectivity index (χ0) is 30.2. The molecule has 0 bridgehead atoms. The normalized spacial score (nSPS) is 12.4. The van der Waals surface area contributed by atoms with E-state index >= 15 is 0 Å². The SMILES string of the molecule is CCCNC(=O)C(Cc1ccccc1)N(Cc1ccc(C)cc1)C(=O)CN(c1ccc(C(C)(C)C)cc1)S(C)(=O)=O. The maximum absolute atomic E-state index is 14.1. The molecule has 0 aliphatic heterocycles. The van der Waals surface area contributed by atoms with Gasteiger partial charge in [0.1, 0.15) is 12.6 Å². The molecule has 3 aromatic rings. The first kappa shape index (κ1) is 31.9. The molecule has 0 radical (unpaired) electrons. The molecule has 3 aromatic carbocycles. The van der Waals surface area contributed by atoms with E-state index in [0.717, 1.165) is 39.2 Å². The number of carbonyl (C=O) groups is 2. The number of carbonyl (C=O) groups excluding carboxylic acids is 2. The fraction of sp³-hybridized carbons (Fsp3) is 0.394. The van der Waals surface area contributed by atoms with Gasteiger partial charge in [-0.2, -0.15) is 0 Å². The summed E-state index contributed by atoms with van der Waals surface area (Å²) in [7, 11) is -3.81. The minimum Gasteiger partial charge on any atom is -0.354 e. The standard InChI is InChI=1S/C33H43N3O4S/c1-7-21-34-32(38)30(22-26-11-9-8-10-12-26)35(23-27-15-13-25(2)14-16-27)31(37)24-36(41(6,39)40)29-19-17-28(18-20-29)33(3,4)5/h8-20,30H,7,21-24H2,1-6H3,(H,34,38). The molecule has 2 amide bonds. The summed E-state index contributed by atoms with van der Waals surface area (Å²) in [6, 6.07) is 23.7. The Morgan fingerprint density at radius 2 is 1.49 bits per heavy atom. The summed E-state index contributed by atoms with van der Waals surface area (Å²) in [5.41, 5.74) is 4.19. The molecule has 0 fully saturated rings. The van der Waals surface area contributed by atoms with Crippen LogP contribution in [0.1, 0.15) is 56.4 Å². The van der Waals surface area contributed by atoms with E-state index in [-0.39, 0.29) is 17.9 Å². The predicted molar refractivity (Wildman–Crippen MR) is 166 cm³/mol. The third kappa shape index (κ3) is 9.18. The molecule has 0 aromatic heterocycles. The Kier molecular flexibility index (Phi) is 10.7. The number of nitrogens with zero attached hydrogens (tertiary/aromatic N) is 2. The summed E-state index contributed by atoms with van der Waals surface area (Å²) in [5.74, 6) is -0.722. The van der Waals surface area contributed by atoms with Crippen molar-refractivity contribution in [1.29, 1.82) is 0 Å². The average Bonchev–Trinajstić information content (AvgIpc) is 2.92. The van der Waals surface area contributed by atoms with E-state index in [9.17, 15) is 18.0 Å². The molecule has 0 heterocycles. The van der Waals surface area contributed by atoms with Gasteiger partial charge in [0.25, 0.3) is 0 Å². The van der Waals surface area contributed by atoms with Gasteiger partial charge in [-0.25, -0.2) is 8.42 Å². The molecule has 7 nitrogen and oxygen atoms in total. The zero-order valence-corrected chi connectivity index (χ0v) is 25.9. The molecule has 0 saturated carbocycles. The van der Waals surface area contributed by atoms with E-state index in [1.807, 2.05) is 80.6 Å². The van der Waals surface area contributed by atoms with E-state index < -0.39 is 28.5 Å². The first-order valence-corrected chi connectivity index (χ1v) is 15.9. The summed E-state index contributed by atoms with van der Waals surface area (Å²) in [6.07, 6.45) is 2.15. The van der Waals surface area contributed by atoms with Gasteiger partial charge in [0, 0.05) is 19.5 Å². The number of benzene rings is 3. The van der Waals surface area contributed by atoms with Gasteiger partial charge in [0.05, 0.1) is 11.9 Å². The molecule has 8 heteroatoms. The van der Waals surface area contributed by atoms with Gasteiger partial charge in [-0.1, -0.05) is 100.0 Å². The van der Waals surface area contributed by atoms with Crippen LogP contribution in [0.4, 0.5) is 5.69 Å². The first-order valence-electron chi connectivity index (χ1n) is 14.0. The van der Waals surface area contributed by atoms with Crippen molar-refractivity contribution in [2.24, 2.45) is 0 Å². The fourth-order valence-corrected chi connectivity index (χ4v) is 5.40. The number of aryl methyl sites for hydroxylation is 1. The fourth-order valence-electron chi connectivity index (χ4n) is 4.55. The highest BCUT2D eigenvalue weighted by Gasteiger charge is 2.33. The Hall–Kier alpha value is -3.65. The van der Waals surface area contributed by atoms with Crippen molar-refractivity contribution >= 4 is 27.5 Å². The number of sulfonamides is 1. The van der Waals surface area contributed by atoms with Crippen LogP contribution in [0.25, 0.3) is 0 Å². The highest BCUT2D eigenvalue weighted by molar-refractivity contribution is 7.92. The molecule has 0 spiro atoms. The van der Waals surface area contributed by atoms with Crippen LogP contribution in [0.3, 0.4) is 0 Å². The molecule has 220 valence electrons. The molecular weight excluding hydrogens is 534 g/mol. The van der Waals surface area contributed by atoms with E-state index in [1.165, 1.54) is 4.90 Å². The van der Waals surface area contributed by atoms with Gasteiger partial charge >= 0.3 is 0 Å². The highest BCUT2D eigenvalue weighted by atomic mass is 32.2. The van der Waals surface area contributed by atoms with E-state index in [0.29, 0.717) is 18.7 Å². The van der Waals surface area contributed by atoms with Crippen LogP contribution < -0.4 is 9.62 Å². The van der Waals surface area contributed by atoms with Crippen LogP contribution in [0.5, 0.6) is 0 Å². The van der Waals surface area contributed by atoms with Crippen LogP contribution >= 0.6 is 0 Å². The molecule has 0 aliphatic carbocycles. The summed E-state index contributed by atoms with van der Waals surface area (Å²) in [4.78, 5) is 29.2. The summed E-state index contributed by atoms with van der Waals surface area (Å²) in [6.45, 7) is 10.4. The van der Waals surface area contributed by atoms with Crippen molar-refractivity contribution < 1.29 is 18.0 Å². The van der Waals surface area contributed by atoms with Crippen molar-refractivity contribution in [2.45, 2.75) is 65.5 Å². The lowest BCUT2D eigenvalue weighted by Gasteiger charge is -2.33. The lowest BCUT2D eigenvalue weighted by atomic mass is 9.87. The lowest BCUT2D eigenvalue weighted by Crippen LogP contribution is -2.53. The number of amides is 2. The van der Waals surface area contributed by atoms with Gasteiger partial charge in [-0.05, 0) is 47.6 Å². The van der Waals surface area contributed by atoms with Crippen molar-refractivity contribution in [1.82, 2.24) is 10.2 Å². The molecule has 3 rings (SSSR count). The third-order valence-electron chi connectivity index (χ3n) is 6.99. The molecule has 1 unspecified atom stereocenters. The van der Waals surface area contributed by atoms with Crippen LogP contribution in [0.2, 0.25) is 0 Å². The van der Waals surface area contributed by atoms with E-state index in [4.69, 9.17) is 0 Å². The number of nitrogens with one attached hydrogen (secondary N) is 1. The highest BCUT2D eigenvalue weighted by Crippen LogP contribution is 2.26. The minimum absolute atomic E-state index is 0.106. The molecular formula is C33H43N3O4S. The molecule has 41 heavy (non-hydrogen) atoms. The van der Waals surface area contributed by atoms with E-state index in [1.54, 1.807) is 12.1 Å². The summed E-state index contributed by atoms with van der Waals surface area (Å²) >= 11 is 0. The second-order valence-corrected chi connectivity index (χ2v) is 13.5. The molecule has 0 saturated heterocycles. The molecule has 0 aliphatic rings. The minimum atomic E-state index is -3.81. The van der Waals surface area contributed by atoms with Crippen LogP contribution in [-0.2, 0) is 38.0 Å². The number of rotatable bonds is 12. The van der Waals surface area contributed by atoms with Gasteiger partial charge in [-0.3, -0.25) is 13.9 Å².